The number of benzene rings is 1. The molecular formula is C21H27N5O4. The van der Waals surface area contributed by atoms with Crippen LogP contribution in [0.2, 0.25) is 0 Å². The molecule has 0 aromatic heterocycles. The Morgan fingerprint density at radius 3 is 2.43 bits per heavy atom. The Labute approximate surface area is 176 Å². The average Bonchev–Trinajstić information content (AvgIpc) is 3.23. The first-order chi connectivity index (χ1) is 14.4. The van der Waals surface area contributed by atoms with E-state index in [1.165, 1.54) is 9.80 Å². The molecule has 9 heteroatoms. The minimum Gasteiger partial charge on any atom is -0.494 e. The zero-order chi connectivity index (χ0) is 21.6. The van der Waals surface area contributed by atoms with E-state index < -0.39 is 12.2 Å². The van der Waals surface area contributed by atoms with Crippen LogP contribution in [0, 0.1) is 0 Å². The Kier molecular flexibility index (Phi) is 5.15. The number of nitrogens with zero attached hydrogens (tertiary/aromatic N) is 5. The minimum atomic E-state index is -0.581. The second kappa shape index (κ2) is 7.64. The number of allylic oxidation sites excluding steroid dienone is 2. The fraction of sp³-hybridized carbons (Fsp3) is 0.476. The lowest BCUT2D eigenvalue weighted by Gasteiger charge is -2.40. The van der Waals surface area contributed by atoms with Crippen LogP contribution in [0.4, 0.5) is 10.5 Å². The van der Waals surface area contributed by atoms with E-state index in [0.29, 0.717) is 19.2 Å². The molecule has 0 bridgehead atoms. The maximum absolute atomic E-state index is 13.3. The van der Waals surface area contributed by atoms with Gasteiger partial charge in [0.2, 0.25) is 5.96 Å². The number of carbonyl (C=O) groups is 2. The number of anilines is 1. The van der Waals surface area contributed by atoms with Crippen LogP contribution in [0.25, 0.3) is 0 Å². The lowest BCUT2D eigenvalue weighted by atomic mass is 10.1. The molecule has 0 spiro atoms. The van der Waals surface area contributed by atoms with Gasteiger partial charge in [0.1, 0.15) is 5.75 Å². The molecule has 4 rings (SSSR count). The maximum Gasteiger partial charge on any atom is 0.328 e. The Bertz CT molecular complexity index is 926. The molecule has 3 amide bonds. The number of carbonyl (C=O) groups excluding carboxylic acids is 2. The van der Waals surface area contributed by atoms with E-state index in [0.717, 1.165) is 22.8 Å². The Morgan fingerprint density at radius 1 is 1.10 bits per heavy atom. The smallest absolute Gasteiger partial charge is 0.328 e. The second-order valence-electron chi connectivity index (χ2n) is 7.47. The maximum atomic E-state index is 13.3. The summed E-state index contributed by atoms with van der Waals surface area (Å²) in [4.78, 5) is 37.6. The molecule has 30 heavy (non-hydrogen) atoms. The van der Waals surface area contributed by atoms with Crippen molar-refractivity contribution in [2.24, 2.45) is 4.99 Å². The van der Waals surface area contributed by atoms with Gasteiger partial charge in [-0.1, -0.05) is 0 Å². The van der Waals surface area contributed by atoms with Gasteiger partial charge >= 0.3 is 6.03 Å². The first-order valence-corrected chi connectivity index (χ1v) is 10.0. The Hall–Kier alpha value is -3.07. The average molecular weight is 413 g/mol. The molecule has 1 saturated heterocycles. The molecule has 3 heterocycles. The number of aliphatic imine (C=N–C) groups is 1. The van der Waals surface area contributed by atoms with Crippen LogP contribution in [0.1, 0.15) is 20.8 Å². The second-order valence-corrected chi connectivity index (χ2v) is 7.47. The van der Waals surface area contributed by atoms with E-state index in [1.54, 1.807) is 14.2 Å². The van der Waals surface area contributed by atoms with Gasteiger partial charge in [0.15, 0.2) is 12.2 Å². The van der Waals surface area contributed by atoms with Crippen molar-refractivity contribution in [2.75, 3.05) is 38.8 Å². The largest absolute Gasteiger partial charge is 0.494 e. The molecule has 160 valence electrons. The summed E-state index contributed by atoms with van der Waals surface area (Å²) in [5, 5.41) is 0. The molecule has 3 aliphatic rings. The van der Waals surface area contributed by atoms with E-state index >= 15 is 0 Å². The summed E-state index contributed by atoms with van der Waals surface area (Å²) in [5.74, 6) is 1.21. The van der Waals surface area contributed by atoms with Gasteiger partial charge in [-0.3, -0.25) is 19.5 Å². The van der Waals surface area contributed by atoms with Crippen molar-refractivity contribution in [2.45, 2.75) is 33.0 Å². The van der Waals surface area contributed by atoms with Crippen molar-refractivity contribution in [1.82, 2.24) is 14.7 Å². The van der Waals surface area contributed by atoms with Gasteiger partial charge in [-0.2, -0.15) is 0 Å². The van der Waals surface area contributed by atoms with Gasteiger partial charge in [0.25, 0.3) is 5.91 Å². The van der Waals surface area contributed by atoms with Gasteiger partial charge < -0.3 is 14.4 Å². The van der Waals surface area contributed by atoms with Crippen LogP contribution in [0.5, 0.6) is 5.75 Å². The summed E-state index contributed by atoms with van der Waals surface area (Å²) in [6.07, 6.45) is -0.563. The Balaban J connectivity index is 1.69. The summed E-state index contributed by atoms with van der Waals surface area (Å²) in [7, 11) is 3.24. The highest BCUT2D eigenvalue weighted by molar-refractivity contribution is 6.10. The van der Waals surface area contributed by atoms with E-state index in [4.69, 9.17) is 14.5 Å². The van der Waals surface area contributed by atoms with Gasteiger partial charge in [0, 0.05) is 31.2 Å². The molecule has 2 unspecified atom stereocenters. The first kappa shape index (κ1) is 20.2. The molecule has 0 aliphatic carbocycles. The molecule has 1 aromatic carbocycles. The van der Waals surface area contributed by atoms with Crippen molar-refractivity contribution >= 4 is 23.6 Å². The SMILES string of the molecule is CCOc1ccc(N2C3=NC4C(C(=O)N(CCOC)C(=O)N4C)N3C(C)=C2C)cc1. The van der Waals surface area contributed by atoms with Gasteiger partial charge in [0.05, 0.1) is 19.8 Å². The number of rotatable bonds is 6. The number of amides is 3. The van der Waals surface area contributed by atoms with E-state index in [2.05, 4.69) is 0 Å². The molecule has 2 atom stereocenters. The molecular weight excluding hydrogens is 386 g/mol. The van der Waals surface area contributed by atoms with Crippen molar-refractivity contribution < 1.29 is 19.1 Å². The van der Waals surface area contributed by atoms with E-state index in [1.807, 2.05) is 54.8 Å². The molecule has 3 aliphatic heterocycles. The monoisotopic (exact) mass is 413 g/mol. The fourth-order valence-electron chi connectivity index (χ4n) is 4.17. The fourth-order valence-corrected chi connectivity index (χ4v) is 4.17. The third-order valence-electron chi connectivity index (χ3n) is 5.82. The number of methoxy groups -OCH3 is 1. The molecule has 0 saturated carbocycles. The van der Waals surface area contributed by atoms with Crippen LogP contribution < -0.4 is 9.64 Å². The van der Waals surface area contributed by atoms with E-state index in [9.17, 15) is 9.59 Å². The normalized spacial score (nSPS) is 23.3. The van der Waals surface area contributed by atoms with Crippen LogP contribution in [0.3, 0.4) is 0 Å². The lowest BCUT2D eigenvalue weighted by molar-refractivity contribution is -0.137. The highest BCUT2D eigenvalue weighted by atomic mass is 16.5. The summed E-state index contributed by atoms with van der Waals surface area (Å²) in [6, 6.07) is 6.84. The highest BCUT2D eigenvalue weighted by Gasteiger charge is 2.55. The van der Waals surface area contributed by atoms with Crippen molar-refractivity contribution in [3.8, 4) is 5.75 Å². The highest BCUT2D eigenvalue weighted by Crippen LogP contribution is 2.40. The topological polar surface area (TPSA) is 77.9 Å². The number of ether oxygens (including phenoxy) is 2. The Morgan fingerprint density at radius 2 is 1.80 bits per heavy atom. The van der Waals surface area contributed by atoms with Gasteiger partial charge in [-0.25, -0.2) is 9.79 Å². The summed E-state index contributed by atoms with van der Waals surface area (Å²) < 4.78 is 10.6. The predicted octanol–water partition coefficient (Wildman–Crippen LogP) is 2.06. The quantitative estimate of drug-likeness (QED) is 0.711. The summed E-state index contributed by atoms with van der Waals surface area (Å²) >= 11 is 0. The van der Waals surface area contributed by atoms with Gasteiger partial charge in [-0.15, -0.1) is 0 Å². The third kappa shape index (κ3) is 2.92. The number of fused-ring (bicyclic) bond motifs is 3. The molecule has 1 fully saturated rings. The number of hydrogen-bond donors (Lipinski definition) is 0. The molecule has 0 radical (unpaired) electrons. The van der Waals surface area contributed by atoms with Crippen molar-refractivity contribution in [3.05, 3.63) is 35.7 Å². The first-order valence-electron chi connectivity index (χ1n) is 10.0. The molecule has 0 N–H and O–H groups in total. The number of urea groups is 1. The zero-order valence-corrected chi connectivity index (χ0v) is 18.0. The van der Waals surface area contributed by atoms with Crippen LogP contribution in [0.15, 0.2) is 40.7 Å². The van der Waals surface area contributed by atoms with Crippen LogP contribution in [-0.2, 0) is 9.53 Å². The third-order valence-corrected chi connectivity index (χ3v) is 5.82. The number of imide groups is 1. The summed E-state index contributed by atoms with van der Waals surface area (Å²) in [6.45, 7) is 7.05. The van der Waals surface area contributed by atoms with Crippen LogP contribution >= 0.6 is 0 Å². The molecule has 9 nitrogen and oxygen atoms in total. The summed E-state index contributed by atoms with van der Waals surface area (Å²) in [5.41, 5.74) is 2.86. The standard InChI is InChI=1S/C21H27N5O4/c1-6-30-16-9-7-15(8-10-16)25-13(2)14(3)26-17-18(22-20(25)26)23(4)21(28)24(19(17)27)11-12-29-5/h7-10,17-18H,6,11-12H2,1-5H3. The minimum absolute atomic E-state index is 0.218. The number of guanidine groups is 1. The van der Waals surface area contributed by atoms with Crippen molar-refractivity contribution in [3.63, 3.8) is 0 Å². The number of likely N-dealkylation sites (N-methyl/N-ethyl adjacent to an activating group) is 1. The van der Waals surface area contributed by atoms with Crippen LogP contribution in [-0.4, -0.2) is 78.7 Å². The predicted molar refractivity (Wildman–Crippen MR) is 112 cm³/mol. The van der Waals surface area contributed by atoms with Crippen molar-refractivity contribution in [1.29, 1.82) is 0 Å². The number of hydrogen-bond acceptors (Lipinski definition) is 7. The van der Waals surface area contributed by atoms with Gasteiger partial charge in [-0.05, 0) is 45.0 Å². The van der Waals surface area contributed by atoms with E-state index in [-0.39, 0.29) is 18.5 Å². The lowest BCUT2D eigenvalue weighted by Crippen LogP contribution is -2.65. The molecule has 1 aromatic rings. The zero-order valence-electron chi connectivity index (χ0n) is 18.0.